The Labute approximate surface area is 851 Å². The Hall–Kier alpha value is -13.8. The topological polar surface area (TPSA) is 283 Å². The first-order valence-corrected chi connectivity index (χ1v) is 51.9. The summed E-state index contributed by atoms with van der Waals surface area (Å²) in [6.45, 7) is 22.8. The van der Waals surface area contributed by atoms with Gasteiger partial charge >= 0.3 is 29.8 Å². The van der Waals surface area contributed by atoms with Gasteiger partial charge in [-0.25, -0.2) is 29.0 Å². The van der Waals surface area contributed by atoms with Crippen LogP contribution in [0.25, 0.3) is 66.2 Å². The fourth-order valence-electron chi connectivity index (χ4n) is 15.4. The normalized spacial score (nSPS) is 10.6. The van der Waals surface area contributed by atoms with Crippen LogP contribution in [0.2, 0.25) is 0 Å². The van der Waals surface area contributed by atoms with Crippen molar-refractivity contribution in [3.8, 4) is 83.6 Å². The van der Waals surface area contributed by atoms with Crippen LogP contribution in [0.4, 0.5) is 0 Å². The number of aromatic carboxylic acids is 4. The summed E-state index contributed by atoms with van der Waals surface area (Å²) in [5.41, 5.74) is 19.7. The van der Waals surface area contributed by atoms with Crippen molar-refractivity contribution in [2.45, 2.75) is 242 Å². The van der Waals surface area contributed by atoms with E-state index < -0.39 is 35.6 Å². The molecule has 0 amide bonds. The third kappa shape index (κ3) is 42.9. The Kier molecular flexibility index (Phi) is 52.3. The minimum Gasteiger partial charge on any atom is -0.494 e. The number of carbonyl (C=O) groups is 7. The van der Waals surface area contributed by atoms with Gasteiger partial charge in [0.05, 0.1) is 53.4 Å². The number of carbonyl (C=O) groups excluding carboxylic acids is 2. The van der Waals surface area contributed by atoms with E-state index in [0.29, 0.717) is 42.2 Å². The van der Waals surface area contributed by atoms with E-state index in [1.807, 2.05) is 141 Å². The fraction of sp³-hybridized carbons (Fsp3) is 0.347. The van der Waals surface area contributed by atoms with Gasteiger partial charge in [0.25, 0.3) is 5.78 Å². The molecule has 5 N–H and O–H groups in total. The van der Waals surface area contributed by atoms with Crippen molar-refractivity contribution in [1.82, 2.24) is 9.97 Å². The summed E-state index contributed by atoms with van der Waals surface area (Å²) in [5.74, 6) is -2.70. The van der Waals surface area contributed by atoms with Crippen LogP contribution in [-0.4, -0.2) is 110 Å². The number of hydrogen-bond donors (Lipinski definition) is 5. The van der Waals surface area contributed by atoms with Crippen molar-refractivity contribution in [3.05, 3.63) is 351 Å². The molecule has 0 aliphatic carbocycles. The SMILES string of the molecule is CC(C)CCCCOc1ccc(-c2ccc(C(=O)O)cc2)cc1.CCCCCCCCc1ccc(-c2ccc(C(=O)C(=O)O)cc2)cc1.CCCCCCCCc1ccc(-c2ccc(C(=O)Cc3ccc(C)cn3)cc2)cc1.CCCCCCCOc1ccc(-c2ccc(C(=O)O)cc2)cc1.CCCCOCCOc1nc(-c2ccc(C(=O)O)cc2)sc1C.CCCCc1ccc(-c2ccc(C(=O)O)cc2)cc1. The zero-order valence-electron chi connectivity index (χ0n) is 85.1. The quantitative estimate of drug-likeness (QED) is 0.0134. The molecule has 0 aliphatic rings. The molecule has 0 aliphatic heterocycles. The predicted octanol–water partition coefficient (Wildman–Crippen LogP) is 32.0. The molecule has 13 rings (SSSR count). The van der Waals surface area contributed by atoms with Gasteiger partial charge in [0.1, 0.15) is 23.1 Å². The van der Waals surface area contributed by atoms with Gasteiger partial charge in [-0.15, -0.1) is 11.3 Å². The molecule has 0 spiro atoms. The second-order valence-electron chi connectivity index (χ2n) is 36.2. The molecule has 13 aromatic rings. The van der Waals surface area contributed by atoms with E-state index in [0.717, 1.165) is 165 Å². The molecule has 754 valence electrons. The monoisotopic (exact) mass is 1950 g/mol. The zero-order valence-corrected chi connectivity index (χ0v) is 85.9. The molecule has 0 saturated heterocycles. The van der Waals surface area contributed by atoms with Gasteiger partial charge < -0.3 is 44.5 Å². The Morgan fingerprint density at radius 1 is 0.301 bits per heavy atom. The van der Waals surface area contributed by atoms with Gasteiger partial charge in [-0.3, -0.25) is 14.6 Å². The van der Waals surface area contributed by atoms with Gasteiger partial charge in [0, 0.05) is 35.2 Å². The molecule has 2 heterocycles. The van der Waals surface area contributed by atoms with Crippen LogP contribution < -0.4 is 14.2 Å². The number of unbranched alkanes of at least 4 members (excludes halogenated alkanes) is 17. The Bertz CT molecular complexity index is 5870. The highest BCUT2D eigenvalue weighted by atomic mass is 32.1. The largest absolute Gasteiger partial charge is 0.494 e. The summed E-state index contributed by atoms with van der Waals surface area (Å²) in [7, 11) is 0. The first-order chi connectivity index (χ1) is 69.3. The molecule has 0 bridgehead atoms. The van der Waals surface area contributed by atoms with Gasteiger partial charge in [0.2, 0.25) is 5.88 Å². The number of rotatable bonds is 52. The number of carboxylic acids is 5. The van der Waals surface area contributed by atoms with Crippen molar-refractivity contribution < 1.29 is 78.0 Å². The third-order valence-corrected chi connectivity index (χ3v) is 25.2. The van der Waals surface area contributed by atoms with E-state index in [1.54, 1.807) is 84.9 Å². The predicted molar refractivity (Wildman–Crippen MR) is 581 cm³/mol. The van der Waals surface area contributed by atoms with Gasteiger partial charge in [0.15, 0.2) is 5.78 Å². The molecule has 2 aromatic heterocycles. The number of ether oxygens (including phenoxy) is 4. The highest BCUT2D eigenvalue weighted by molar-refractivity contribution is 7.15. The maximum Gasteiger partial charge on any atom is 0.377 e. The summed E-state index contributed by atoms with van der Waals surface area (Å²) in [6, 6.07) is 87.7. The summed E-state index contributed by atoms with van der Waals surface area (Å²) < 4.78 is 22.6. The number of aromatic nitrogens is 2. The van der Waals surface area contributed by atoms with Crippen molar-refractivity contribution in [1.29, 1.82) is 0 Å². The number of carboxylic acid groups (broad SMARTS) is 5. The summed E-state index contributed by atoms with van der Waals surface area (Å²) in [6.07, 6.45) is 35.6. The molecule has 0 saturated carbocycles. The van der Waals surface area contributed by atoms with Crippen molar-refractivity contribution in [2.24, 2.45) is 5.92 Å². The second kappa shape index (κ2) is 65.4. The van der Waals surface area contributed by atoms with Crippen molar-refractivity contribution in [2.75, 3.05) is 33.0 Å². The zero-order chi connectivity index (χ0) is 103. The van der Waals surface area contributed by atoms with Gasteiger partial charge in [-0.2, -0.15) is 0 Å². The van der Waals surface area contributed by atoms with E-state index in [1.165, 1.54) is 162 Å². The smallest absolute Gasteiger partial charge is 0.377 e. The lowest BCUT2D eigenvalue weighted by atomic mass is 9.98. The number of Topliss-reactive ketones (excluding diaryl/α,β-unsaturated/α-hetero) is 2. The number of thiazole rings is 1. The lowest BCUT2D eigenvalue weighted by Gasteiger charge is -2.08. The van der Waals surface area contributed by atoms with E-state index in [2.05, 4.69) is 131 Å². The van der Waals surface area contributed by atoms with Crippen LogP contribution in [0, 0.1) is 19.8 Å². The molecule has 0 atom stereocenters. The molecule has 0 fully saturated rings. The number of benzene rings is 11. The molecule has 11 aromatic carbocycles. The number of aliphatic carboxylic acids is 1. The maximum atomic E-state index is 12.5. The summed E-state index contributed by atoms with van der Waals surface area (Å²) >= 11 is 1.53. The Morgan fingerprint density at radius 3 is 0.958 bits per heavy atom. The number of nitrogens with zero attached hydrogens (tertiary/aromatic N) is 2. The van der Waals surface area contributed by atoms with Gasteiger partial charge in [-0.1, -0.05) is 358 Å². The molecule has 0 unspecified atom stereocenters. The first kappa shape index (κ1) is 115. The lowest BCUT2D eigenvalue weighted by Crippen LogP contribution is -2.12. The Morgan fingerprint density at radius 2 is 0.615 bits per heavy atom. The second-order valence-corrected chi connectivity index (χ2v) is 37.4. The number of aryl methyl sites for hydroxylation is 5. The van der Waals surface area contributed by atoms with E-state index in [-0.39, 0.29) is 16.9 Å². The molecule has 18 nitrogen and oxygen atoms in total. The third-order valence-electron chi connectivity index (χ3n) is 24.2. The van der Waals surface area contributed by atoms with Crippen molar-refractivity contribution >= 4 is 52.7 Å². The minimum absolute atomic E-state index is 0.104. The molecular formula is C124H146N2O16S. The Balaban J connectivity index is 0.000000211. The summed E-state index contributed by atoms with van der Waals surface area (Å²) in [4.78, 5) is 87.9. The molecule has 19 heteroatoms. The number of pyridine rings is 1. The molecule has 0 radical (unpaired) electrons. The fourth-order valence-corrected chi connectivity index (χ4v) is 16.3. The average Bonchev–Trinajstić information content (AvgIpc) is 1.30. The number of hydrogen-bond acceptors (Lipinski definition) is 14. The van der Waals surface area contributed by atoms with Crippen LogP contribution in [0.3, 0.4) is 0 Å². The van der Waals surface area contributed by atoms with E-state index in [9.17, 15) is 33.6 Å². The van der Waals surface area contributed by atoms with Crippen LogP contribution in [0.5, 0.6) is 17.4 Å². The summed E-state index contributed by atoms with van der Waals surface area (Å²) in [5, 5.41) is 45.2. The van der Waals surface area contributed by atoms with E-state index >= 15 is 0 Å². The van der Waals surface area contributed by atoms with Crippen LogP contribution >= 0.6 is 11.3 Å². The molecular weight excluding hydrogens is 1810 g/mol. The number of ketones is 2. The molecule has 143 heavy (non-hydrogen) atoms. The standard InChI is InChI=1S/C28H33NO.C22H26O3.2C20H24O3.C17H21NO4S.C17H18O2/c1-3-4-5-6-7-8-9-23-11-13-24(14-12-23)25-15-17-26(18-16-25)28(30)20-27-19-10-22(2)21-29-27;1-2-3-4-5-6-7-8-17-9-11-18(12-10-17)19-13-15-20(16-14-19)21(23)22(24)25;1-15(2)5-3-4-14-23-19-12-10-17(11-13-19)16-6-8-18(9-7-16)20(21)22;1-2-3-4-5-6-15-23-19-13-11-17(12-14-19)16-7-9-18(10-8-16)20(21)22;1-3-4-9-21-10-11-22-15-12(2)23-16(18-15)13-5-7-14(8-6-13)17(19)20;1-2-3-4-13-5-7-14(8-6-13)15-9-11-16(12-10-15)17(18)19/h10-19,21H,3-9,20H2,1-2H3;9-16H,2-8H2,1H3,(H,24,25);6-13,15H,3-5,14H2,1-2H3,(H,21,22);7-14H,2-6,15H2,1H3,(H,21,22);5-8H,3-4,9-11H2,1-2H3,(H,19,20);5-12H,2-4H2,1H3,(H,18,19). The highest BCUT2D eigenvalue weighted by Crippen LogP contribution is 2.34. The van der Waals surface area contributed by atoms with Crippen LogP contribution in [0.15, 0.2) is 285 Å². The lowest BCUT2D eigenvalue weighted by molar-refractivity contribution is -0.131. The average molecular weight is 1950 g/mol. The highest BCUT2D eigenvalue weighted by Gasteiger charge is 2.18. The van der Waals surface area contributed by atoms with Crippen LogP contribution in [0.1, 0.15) is 298 Å². The van der Waals surface area contributed by atoms with E-state index in [4.69, 9.17) is 44.5 Å². The van der Waals surface area contributed by atoms with Crippen molar-refractivity contribution in [3.63, 3.8) is 0 Å². The van der Waals surface area contributed by atoms with Gasteiger partial charge in [-0.05, 0) is 241 Å². The minimum atomic E-state index is -1.42. The first-order valence-electron chi connectivity index (χ1n) is 51.0. The maximum absolute atomic E-state index is 12.5. The van der Waals surface area contributed by atoms with Crippen LogP contribution in [-0.2, 0) is 35.2 Å².